The van der Waals surface area contributed by atoms with Gasteiger partial charge in [0.1, 0.15) is 11.5 Å². The number of benzene rings is 1. The minimum absolute atomic E-state index is 0.0869. The Kier molecular flexibility index (Phi) is 7.12. The molecule has 23 heavy (non-hydrogen) atoms. The second-order valence-corrected chi connectivity index (χ2v) is 14.2. The number of allylic oxidation sites excluding steroid dienone is 2. The van der Waals surface area contributed by atoms with E-state index in [1.807, 2.05) is 6.07 Å². The predicted octanol–water partition coefficient (Wildman–Crippen LogP) is 7.43. The molecule has 128 valence electrons. The van der Waals surface area contributed by atoms with Crippen molar-refractivity contribution < 1.29 is 4.74 Å². The monoisotopic (exact) mass is 350 g/mol. The fraction of sp³-hybridized carbons (Fsp3) is 0.600. The summed E-state index contributed by atoms with van der Waals surface area (Å²) >= 11 is 0. The van der Waals surface area contributed by atoms with Gasteiger partial charge in [0.2, 0.25) is 0 Å². The number of ether oxygens (including phenoxy) is 1. The molecule has 3 heteroatoms. The maximum atomic E-state index is 6.40. The van der Waals surface area contributed by atoms with Gasteiger partial charge in [0.15, 0.2) is 0 Å². The second-order valence-electron chi connectivity index (χ2n) is 7.14. The van der Waals surface area contributed by atoms with E-state index in [1.54, 1.807) is 5.31 Å². The molecule has 1 aliphatic rings. The third kappa shape index (κ3) is 5.04. The molecule has 1 aliphatic heterocycles. The van der Waals surface area contributed by atoms with E-state index in [9.17, 15) is 0 Å². The molecule has 1 fully saturated rings. The summed E-state index contributed by atoms with van der Waals surface area (Å²) in [4.78, 5) is 0. The van der Waals surface area contributed by atoms with Crippen LogP contribution >= 0.6 is 15.2 Å². The first-order chi connectivity index (χ1) is 11.0. The van der Waals surface area contributed by atoms with Crippen LogP contribution in [0.25, 0.3) is 0 Å². The van der Waals surface area contributed by atoms with E-state index in [0.717, 1.165) is 12.2 Å². The van der Waals surface area contributed by atoms with E-state index < -0.39 is 0 Å². The summed E-state index contributed by atoms with van der Waals surface area (Å²) in [7, 11) is 0.0160. The fourth-order valence-corrected chi connectivity index (χ4v) is 9.81. The Bertz CT molecular complexity index is 522. The SMILES string of the molecule is CCC(Oc1ccccc1)=C1P(C)P(C)CCCCCC1(C)C. The lowest BCUT2D eigenvalue weighted by atomic mass is 9.85. The lowest BCUT2D eigenvalue weighted by molar-refractivity contribution is 0.355. The van der Waals surface area contributed by atoms with Crippen LogP contribution in [0.5, 0.6) is 5.75 Å². The van der Waals surface area contributed by atoms with Crippen LogP contribution in [0.4, 0.5) is 0 Å². The van der Waals surface area contributed by atoms with Crippen LogP contribution in [0.3, 0.4) is 0 Å². The van der Waals surface area contributed by atoms with E-state index in [4.69, 9.17) is 4.74 Å². The first kappa shape index (κ1) is 19.0. The van der Waals surface area contributed by atoms with Crippen molar-refractivity contribution in [2.24, 2.45) is 5.41 Å². The van der Waals surface area contributed by atoms with E-state index in [1.165, 1.54) is 37.6 Å². The van der Waals surface area contributed by atoms with Crippen molar-refractivity contribution >= 4 is 15.2 Å². The van der Waals surface area contributed by atoms with Gasteiger partial charge in [-0.3, -0.25) is 0 Å². The minimum Gasteiger partial charge on any atom is -0.461 e. The first-order valence-electron chi connectivity index (χ1n) is 8.87. The van der Waals surface area contributed by atoms with Gasteiger partial charge in [0.25, 0.3) is 0 Å². The first-order valence-corrected chi connectivity index (χ1v) is 13.3. The molecule has 0 N–H and O–H groups in total. The highest BCUT2D eigenvalue weighted by Crippen LogP contribution is 2.74. The van der Waals surface area contributed by atoms with Crippen molar-refractivity contribution in [2.75, 3.05) is 19.5 Å². The van der Waals surface area contributed by atoms with E-state index in [2.05, 4.69) is 58.4 Å². The van der Waals surface area contributed by atoms with Gasteiger partial charge in [-0.1, -0.05) is 67.0 Å². The van der Waals surface area contributed by atoms with Crippen LogP contribution in [-0.2, 0) is 0 Å². The maximum absolute atomic E-state index is 6.40. The van der Waals surface area contributed by atoms with Gasteiger partial charge < -0.3 is 4.74 Å². The topological polar surface area (TPSA) is 9.23 Å². The van der Waals surface area contributed by atoms with Crippen LogP contribution in [-0.4, -0.2) is 19.5 Å². The van der Waals surface area contributed by atoms with Gasteiger partial charge in [-0.25, -0.2) is 0 Å². The Labute approximate surface area is 145 Å². The molecule has 1 saturated heterocycles. The number of rotatable bonds is 3. The molecule has 1 aromatic rings. The Balaban J connectivity index is 2.43. The molecule has 1 nitrogen and oxygen atoms in total. The Morgan fingerprint density at radius 2 is 1.78 bits per heavy atom. The second kappa shape index (κ2) is 8.64. The number of hydrogen-bond acceptors (Lipinski definition) is 1. The van der Waals surface area contributed by atoms with Crippen LogP contribution in [0.1, 0.15) is 52.9 Å². The maximum Gasteiger partial charge on any atom is 0.126 e. The molecular formula is C20H32OP2. The van der Waals surface area contributed by atoms with Gasteiger partial charge in [0.05, 0.1) is 0 Å². The van der Waals surface area contributed by atoms with Gasteiger partial charge in [-0.05, 0) is 49.9 Å². The fourth-order valence-electron chi connectivity index (χ4n) is 3.44. The quantitative estimate of drug-likeness (QED) is 0.407. The highest BCUT2D eigenvalue weighted by molar-refractivity contribution is 8.31. The Hall–Kier alpha value is -0.380. The molecule has 0 radical (unpaired) electrons. The average molecular weight is 350 g/mol. The zero-order valence-electron chi connectivity index (χ0n) is 15.4. The van der Waals surface area contributed by atoms with E-state index in [-0.39, 0.29) is 20.6 Å². The molecule has 0 spiro atoms. The minimum atomic E-state index is -0.0869. The summed E-state index contributed by atoms with van der Waals surface area (Å²) in [5, 5.41) is 1.65. The molecule has 0 amide bonds. The Morgan fingerprint density at radius 3 is 2.43 bits per heavy atom. The molecule has 1 aromatic carbocycles. The van der Waals surface area contributed by atoms with Crippen LogP contribution in [0.2, 0.25) is 0 Å². The van der Waals surface area contributed by atoms with Crippen molar-refractivity contribution in [1.29, 1.82) is 0 Å². The van der Waals surface area contributed by atoms with Crippen LogP contribution < -0.4 is 4.74 Å². The third-order valence-electron chi connectivity index (χ3n) is 4.83. The number of para-hydroxylation sites is 1. The van der Waals surface area contributed by atoms with Crippen molar-refractivity contribution in [3.63, 3.8) is 0 Å². The zero-order valence-corrected chi connectivity index (χ0v) is 17.2. The molecule has 0 aromatic heterocycles. The Morgan fingerprint density at radius 1 is 1.09 bits per heavy atom. The van der Waals surface area contributed by atoms with Crippen molar-refractivity contribution in [3.05, 3.63) is 41.4 Å². The molecule has 0 aliphatic carbocycles. The third-order valence-corrected chi connectivity index (χ3v) is 12.6. The van der Waals surface area contributed by atoms with Gasteiger partial charge in [0, 0.05) is 11.7 Å². The molecule has 2 unspecified atom stereocenters. The van der Waals surface area contributed by atoms with Crippen LogP contribution in [0, 0.1) is 5.41 Å². The van der Waals surface area contributed by atoms with Crippen molar-refractivity contribution in [1.82, 2.24) is 0 Å². The summed E-state index contributed by atoms with van der Waals surface area (Å²) in [5.74, 6) is 2.22. The van der Waals surface area contributed by atoms with Crippen molar-refractivity contribution in [2.45, 2.75) is 52.9 Å². The highest BCUT2D eigenvalue weighted by Gasteiger charge is 2.33. The molecular weight excluding hydrogens is 318 g/mol. The van der Waals surface area contributed by atoms with Crippen molar-refractivity contribution in [3.8, 4) is 5.75 Å². The summed E-state index contributed by atoms with van der Waals surface area (Å²) in [6, 6.07) is 10.3. The molecule has 1 heterocycles. The summed E-state index contributed by atoms with van der Waals surface area (Å²) in [6.45, 7) is 12.2. The molecule has 0 bridgehead atoms. The van der Waals surface area contributed by atoms with E-state index >= 15 is 0 Å². The standard InChI is InChI=1S/C20H32OP2/c1-6-18(21-17-13-9-7-10-14-17)19-20(2,3)15-11-8-12-16-22(4)23(19)5/h7,9-10,13-14H,6,8,11-12,15-16H2,1-5H3. The average Bonchev–Trinajstić information content (AvgIpc) is 2.57. The smallest absolute Gasteiger partial charge is 0.126 e. The van der Waals surface area contributed by atoms with Gasteiger partial charge in [-0.15, -0.1) is 0 Å². The molecule has 0 saturated carbocycles. The largest absolute Gasteiger partial charge is 0.461 e. The lowest BCUT2D eigenvalue weighted by Crippen LogP contribution is -2.17. The van der Waals surface area contributed by atoms with Gasteiger partial charge in [-0.2, -0.15) is 0 Å². The predicted molar refractivity (Wildman–Crippen MR) is 107 cm³/mol. The summed E-state index contributed by atoms with van der Waals surface area (Å²) in [6.07, 6.45) is 7.88. The normalized spacial score (nSPS) is 27.5. The van der Waals surface area contributed by atoms with Crippen LogP contribution in [0.15, 0.2) is 41.4 Å². The number of hydrogen-bond donors (Lipinski definition) is 0. The summed E-state index contributed by atoms with van der Waals surface area (Å²) in [5.41, 5.74) is 0.265. The van der Waals surface area contributed by atoms with Gasteiger partial charge >= 0.3 is 0 Å². The molecule has 2 rings (SSSR count). The molecule has 2 atom stereocenters. The highest BCUT2D eigenvalue weighted by atomic mass is 32.1. The van der Waals surface area contributed by atoms with E-state index in [0.29, 0.717) is 0 Å². The lowest BCUT2D eigenvalue weighted by Gasteiger charge is -2.36. The zero-order chi connectivity index (χ0) is 16.9. The summed E-state index contributed by atoms with van der Waals surface area (Å²) < 4.78 is 6.40.